The molecule has 0 amide bonds. The third kappa shape index (κ3) is 5.01. The Labute approximate surface area is 166 Å². The number of benzene rings is 2. The number of anilines is 1. The summed E-state index contributed by atoms with van der Waals surface area (Å²) in [5.41, 5.74) is 1.10. The van der Waals surface area contributed by atoms with Crippen LogP contribution in [0.2, 0.25) is 0 Å². The monoisotopic (exact) mass is 407 g/mol. The molecule has 2 aromatic rings. The SMILES string of the molecule is COc1ccccc1N1CCN(CCCNS(=O)(=O)c2ccccc2F)CC1. The molecular formula is C20H26FN3O3S. The van der Waals surface area contributed by atoms with Crippen LogP contribution < -0.4 is 14.4 Å². The van der Waals surface area contributed by atoms with E-state index < -0.39 is 15.8 Å². The third-order valence-electron chi connectivity index (χ3n) is 4.87. The fourth-order valence-electron chi connectivity index (χ4n) is 3.35. The number of sulfonamides is 1. The molecule has 1 fully saturated rings. The van der Waals surface area contributed by atoms with Crippen molar-refractivity contribution < 1.29 is 17.5 Å². The zero-order chi connectivity index (χ0) is 20.0. The highest BCUT2D eigenvalue weighted by atomic mass is 32.2. The lowest BCUT2D eigenvalue weighted by Crippen LogP contribution is -2.47. The summed E-state index contributed by atoms with van der Waals surface area (Å²) in [7, 11) is -2.13. The number of hydrogen-bond donors (Lipinski definition) is 1. The lowest BCUT2D eigenvalue weighted by Gasteiger charge is -2.36. The Hall–Kier alpha value is -2.16. The van der Waals surface area contributed by atoms with Crippen LogP contribution in [0.15, 0.2) is 53.4 Å². The molecule has 6 nitrogen and oxygen atoms in total. The number of methoxy groups -OCH3 is 1. The van der Waals surface area contributed by atoms with Gasteiger partial charge in [-0.15, -0.1) is 0 Å². The van der Waals surface area contributed by atoms with Crippen molar-refractivity contribution in [3.8, 4) is 5.75 Å². The van der Waals surface area contributed by atoms with E-state index in [0.717, 1.165) is 50.2 Å². The van der Waals surface area contributed by atoms with Gasteiger partial charge in [-0.25, -0.2) is 17.5 Å². The molecule has 152 valence electrons. The first-order valence-corrected chi connectivity index (χ1v) is 10.8. The normalized spacial score (nSPS) is 15.6. The molecule has 1 saturated heterocycles. The van der Waals surface area contributed by atoms with Crippen molar-refractivity contribution >= 4 is 15.7 Å². The Morgan fingerprint density at radius 2 is 1.71 bits per heavy atom. The predicted octanol–water partition coefficient (Wildman–Crippen LogP) is 2.32. The van der Waals surface area contributed by atoms with E-state index in [4.69, 9.17) is 4.74 Å². The zero-order valence-electron chi connectivity index (χ0n) is 16.0. The van der Waals surface area contributed by atoms with Crippen molar-refractivity contribution in [1.29, 1.82) is 0 Å². The Bertz CT molecular complexity index is 884. The summed E-state index contributed by atoms with van der Waals surface area (Å²) in [5, 5.41) is 0. The number of piperazine rings is 1. The van der Waals surface area contributed by atoms with Gasteiger partial charge in [0.15, 0.2) is 0 Å². The van der Waals surface area contributed by atoms with Gasteiger partial charge in [-0.1, -0.05) is 24.3 Å². The van der Waals surface area contributed by atoms with Crippen LogP contribution in [0.25, 0.3) is 0 Å². The number of ether oxygens (including phenoxy) is 1. The number of para-hydroxylation sites is 2. The minimum absolute atomic E-state index is 0.281. The summed E-state index contributed by atoms with van der Waals surface area (Å²) >= 11 is 0. The number of nitrogens with zero attached hydrogens (tertiary/aromatic N) is 2. The largest absolute Gasteiger partial charge is 0.495 e. The lowest BCUT2D eigenvalue weighted by atomic mass is 10.2. The van der Waals surface area contributed by atoms with Gasteiger partial charge in [0, 0.05) is 32.7 Å². The first kappa shape index (κ1) is 20.6. The summed E-state index contributed by atoms with van der Waals surface area (Å²) in [4.78, 5) is 4.31. The molecular weight excluding hydrogens is 381 g/mol. The Kier molecular flexibility index (Phi) is 6.88. The van der Waals surface area contributed by atoms with Crippen LogP contribution in [-0.4, -0.2) is 59.7 Å². The fraction of sp³-hybridized carbons (Fsp3) is 0.400. The van der Waals surface area contributed by atoms with Crippen LogP contribution in [-0.2, 0) is 10.0 Å². The van der Waals surface area contributed by atoms with Crippen LogP contribution in [0, 0.1) is 5.82 Å². The van der Waals surface area contributed by atoms with Crippen LogP contribution in [0.1, 0.15) is 6.42 Å². The van der Waals surface area contributed by atoms with Gasteiger partial charge in [0.1, 0.15) is 16.5 Å². The molecule has 0 bridgehead atoms. The van der Waals surface area contributed by atoms with Crippen LogP contribution in [0.3, 0.4) is 0 Å². The van der Waals surface area contributed by atoms with Crippen LogP contribution >= 0.6 is 0 Å². The average Bonchev–Trinajstić information content (AvgIpc) is 2.72. The first-order chi connectivity index (χ1) is 13.5. The van der Waals surface area contributed by atoms with Crippen LogP contribution in [0.5, 0.6) is 5.75 Å². The molecule has 0 spiro atoms. The maximum Gasteiger partial charge on any atom is 0.243 e. The molecule has 0 saturated carbocycles. The number of hydrogen-bond acceptors (Lipinski definition) is 5. The van der Waals surface area contributed by atoms with Gasteiger partial charge in [0.05, 0.1) is 12.8 Å². The summed E-state index contributed by atoms with van der Waals surface area (Å²) in [6.07, 6.45) is 0.669. The van der Waals surface area contributed by atoms with Gasteiger partial charge in [-0.3, -0.25) is 4.90 Å². The topological polar surface area (TPSA) is 61.9 Å². The highest BCUT2D eigenvalue weighted by Gasteiger charge is 2.20. The van der Waals surface area contributed by atoms with E-state index in [2.05, 4.69) is 20.6 Å². The van der Waals surface area contributed by atoms with E-state index in [0.29, 0.717) is 6.42 Å². The molecule has 0 aromatic heterocycles. The molecule has 1 aliphatic rings. The summed E-state index contributed by atoms with van der Waals surface area (Å²) in [6, 6.07) is 13.4. The third-order valence-corrected chi connectivity index (χ3v) is 6.36. The number of halogens is 1. The van der Waals surface area contributed by atoms with Crippen molar-refractivity contribution in [2.24, 2.45) is 0 Å². The second-order valence-electron chi connectivity index (χ2n) is 6.68. The second-order valence-corrected chi connectivity index (χ2v) is 8.42. The quantitative estimate of drug-likeness (QED) is 0.681. The summed E-state index contributed by atoms with van der Waals surface area (Å²) < 4.78 is 46.0. The molecule has 3 rings (SSSR count). The first-order valence-electron chi connectivity index (χ1n) is 9.36. The number of nitrogens with one attached hydrogen (secondary N) is 1. The molecule has 1 heterocycles. The predicted molar refractivity (Wildman–Crippen MR) is 108 cm³/mol. The molecule has 1 N–H and O–H groups in total. The standard InChI is InChI=1S/C20H26FN3O3S/c1-27-19-9-4-3-8-18(19)24-15-13-23(14-16-24)12-6-11-22-28(25,26)20-10-5-2-7-17(20)21/h2-5,7-10,22H,6,11-16H2,1H3. The smallest absolute Gasteiger partial charge is 0.243 e. The zero-order valence-corrected chi connectivity index (χ0v) is 16.8. The minimum atomic E-state index is -3.81. The van der Waals surface area contributed by atoms with Gasteiger partial charge in [0.25, 0.3) is 0 Å². The average molecular weight is 408 g/mol. The van der Waals surface area contributed by atoms with E-state index in [1.807, 2.05) is 18.2 Å². The molecule has 2 aromatic carbocycles. The fourth-order valence-corrected chi connectivity index (χ4v) is 4.50. The molecule has 1 aliphatic heterocycles. The van der Waals surface area contributed by atoms with Gasteiger partial charge in [-0.2, -0.15) is 0 Å². The molecule has 0 radical (unpaired) electrons. The van der Waals surface area contributed by atoms with Gasteiger partial charge < -0.3 is 9.64 Å². The minimum Gasteiger partial charge on any atom is -0.495 e. The van der Waals surface area contributed by atoms with Gasteiger partial charge in [-0.05, 0) is 37.2 Å². The van der Waals surface area contributed by atoms with Crippen molar-refractivity contribution in [2.75, 3.05) is 51.3 Å². The molecule has 0 atom stereocenters. The Morgan fingerprint density at radius 3 is 2.43 bits per heavy atom. The van der Waals surface area contributed by atoms with Gasteiger partial charge >= 0.3 is 0 Å². The maximum absolute atomic E-state index is 13.7. The van der Waals surface area contributed by atoms with E-state index in [-0.39, 0.29) is 11.4 Å². The Balaban J connectivity index is 1.43. The van der Waals surface area contributed by atoms with Crippen molar-refractivity contribution in [2.45, 2.75) is 11.3 Å². The van der Waals surface area contributed by atoms with Crippen LogP contribution in [0.4, 0.5) is 10.1 Å². The molecule has 0 unspecified atom stereocenters. The van der Waals surface area contributed by atoms with Crippen molar-refractivity contribution in [3.05, 3.63) is 54.3 Å². The van der Waals surface area contributed by atoms with Crippen molar-refractivity contribution in [1.82, 2.24) is 9.62 Å². The van der Waals surface area contributed by atoms with E-state index in [1.54, 1.807) is 7.11 Å². The lowest BCUT2D eigenvalue weighted by molar-refractivity contribution is 0.254. The van der Waals surface area contributed by atoms with E-state index in [1.165, 1.54) is 18.2 Å². The van der Waals surface area contributed by atoms with Crippen molar-refractivity contribution in [3.63, 3.8) is 0 Å². The second kappa shape index (κ2) is 9.36. The Morgan fingerprint density at radius 1 is 1.04 bits per heavy atom. The molecule has 0 aliphatic carbocycles. The highest BCUT2D eigenvalue weighted by Crippen LogP contribution is 2.28. The highest BCUT2D eigenvalue weighted by molar-refractivity contribution is 7.89. The van der Waals surface area contributed by atoms with E-state index >= 15 is 0 Å². The summed E-state index contributed by atoms with van der Waals surface area (Å²) in [6.45, 7) is 4.65. The molecule has 28 heavy (non-hydrogen) atoms. The summed E-state index contributed by atoms with van der Waals surface area (Å²) in [5.74, 6) is 0.140. The number of rotatable bonds is 8. The van der Waals surface area contributed by atoms with E-state index in [9.17, 15) is 12.8 Å². The maximum atomic E-state index is 13.7. The van der Waals surface area contributed by atoms with Gasteiger partial charge in [0.2, 0.25) is 10.0 Å². The molecule has 8 heteroatoms.